The Morgan fingerprint density at radius 1 is 1.58 bits per heavy atom. The average molecular weight is 318 g/mol. The summed E-state index contributed by atoms with van der Waals surface area (Å²) in [4.78, 5) is 0.897. The van der Waals surface area contributed by atoms with Gasteiger partial charge in [-0.1, -0.05) is 25.6 Å². The Morgan fingerprint density at radius 2 is 2.32 bits per heavy atom. The summed E-state index contributed by atoms with van der Waals surface area (Å²) in [5, 5.41) is 0. The second-order valence-corrected chi connectivity index (χ2v) is 8.45. The van der Waals surface area contributed by atoms with Crippen molar-refractivity contribution in [2.24, 2.45) is 11.7 Å². The van der Waals surface area contributed by atoms with Crippen LogP contribution in [0.4, 0.5) is 0 Å². The fraction of sp³-hybridized carbons (Fsp3) is 0.583. The van der Waals surface area contributed by atoms with Crippen LogP contribution in [0.5, 0.6) is 0 Å². The van der Waals surface area contributed by atoms with Crippen molar-refractivity contribution in [1.29, 1.82) is 0 Å². The Morgan fingerprint density at radius 3 is 2.89 bits per heavy atom. The van der Waals surface area contributed by atoms with E-state index in [0.717, 1.165) is 30.6 Å². The van der Waals surface area contributed by atoms with Crippen molar-refractivity contribution in [3.8, 4) is 0 Å². The number of hydrogen-bond acceptors (Lipinski definition) is 4. The van der Waals surface area contributed by atoms with Gasteiger partial charge in [-0.15, -0.1) is 11.3 Å². The highest BCUT2D eigenvalue weighted by Gasteiger charge is 2.30. The van der Waals surface area contributed by atoms with Gasteiger partial charge in [0.2, 0.25) is 0 Å². The summed E-state index contributed by atoms with van der Waals surface area (Å²) in [5.41, 5.74) is 5.53. The molecule has 1 aromatic heterocycles. The Balaban J connectivity index is 2.23. The lowest BCUT2D eigenvalue weighted by molar-refractivity contribution is 0.262. The van der Waals surface area contributed by atoms with Crippen molar-refractivity contribution in [3.05, 3.63) is 17.0 Å². The first-order valence-corrected chi connectivity index (χ1v) is 9.01. The van der Waals surface area contributed by atoms with Gasteiger partial charge in [0.1, 0.15) is 9.20 Å². The van der Waals surface area contributed by atoms with Crippen LogP contribution in [0.15, 0.2) is 16.3 Å². The molecule has 7 heteroatoms. The van der Waals surface area contributed by atoms with E-state index in [4.69, 9.17) is 18.0 Å². The van der Waals surface area contributed by atoms with Crippen LogP contribution in [-0.2, 0) is 10.0 Å². The number of rotatable bonds is 4. The van der Waals surface area contributed by atoms with Gasteiger partial charge < -0.3 is 5.73 Å². The van der Waals surface area contributed by atoms with E-state index in [9.17, 15) is 8.42 Å². The first-order valence-electron chi connectivity index (χ1n) is 6.35. The lowest BCUT2D eigenvalue weighted by Crippen LogP contribution is -2.39. The maximum atomic E-state index is 12.5. The number of sulfonamides is 1. The lowest BCUT2D eigenvalue weighted by Gasteiger charge is -2.30. The van der Waals surface area contributed by atoms with Gasteiger partial charge in [-0.3, -0.25) is 0 Å². The Kier molecular flexibility index (Phi) is 4.60. The smallest absolute Gasteiger partial charge is 0.252 e. The molecule has 1 fully saturated rings. The number of hydrogen-bond donors (Lipinski definition) is 1. The predicted octanol–water partition coefficient (Wildman–Crippen LogP) is 2.19. The van der Waals surface area contributed by atoms with Crippen LogP contribution in [0.2, 0.25) is 0 Å². The summed E-state index contributed by atoms with van der Waals surface area (Å²) in [7, 11) is -3.38. The van der Waals surface area contributed by atoms with Crippen LogP contribution < -0.4 is 5.73 Å². The largest absolute Gasteiger partial charge is 0.389 e. The molecule has 2 rings (SSSR count). The predicted molar refractivity (Wildman–Crippen MR) is 82.0 cm³/mol. The number of thiocarbonyl (C=S) groups is 1. The quantitative estimate of drug-likeness (QED) is 0.865. The normalized spacial score (nSPS) is 21.4. The molecule has 0 aromatic carbocycles. The molecule has 0 radical (unpaired) electrons. The standard InChI is InChI=1S/C12H18N2O2S3/c1-2-9-4-3-7-14(8-9)19(15,16)11-6-5-10(18-11)12(13)17/h5-6,9H,2-4,7-8H2,1H3,(H2,13,17). The van der Waals surface area contributed by atoms with Gasteiger partial charge in [0.15, 0.2) is 0 Å². The van der Waals surface area contributed by atoms with E-state index in [0.29, 0.717) is 28.1 Å². The number of thiophene rings is 1. The zero-order valence-corrected chi connectivity index (χ0v) is 13.3. The van der Waals surface area contributed by atoms with Gasteiger partial charge in [0.05, 0.1) is 4.88 Å². The SMILES string of the molecule is CCC1CCCN(S(=O)(=O)c2ccc(C(N)=S)s2)C1. The minimum atomic E-state index is -3.38. The Labute approximate surface area is 123 Å². The molecule has 1 aromatic rings. The van der Waals surface area contributed by atoms with Crippen molar-refractivity contribution < 1.29 is 8.42 Å². The number of piperidine rings is 1. The van der Waals surface area contributed by atoms with E-state index >= 15 is 0 Å². The molecule has 1 unspecified atom stereocenters. The number of nitrogens with zero attached hydrogens (tertiary/aromatic N) is 1. The van der Waals surface area contributed by atoms with Gasteiger partial charge in [-0.05, 0) is 30.9 Å². The molecule has 4 nitrogen and oxygen atoms in total. The van der Waals surface area contributed by atoms with Crippen molar-refractivity contribution in [2.45, 2.75) is 30.4 Å². The van der Waals surface area contributed by atoms with Gasteiger partial charge in [-0.25, -0.2) is 8.42 Å². The first-order chi connectivity index (χ1) is 8.95. The summed E-state index contributed by atoms with van der Waals surface area (Å²) < 4.78 is 27.0. The highest BCUT2D eigenvalue weighted by molar-refractivity contribution is 7.91. The van der Waals surface area contributed by atoms with Crippen LogP contribution in [0.3, 0.4) is 0 Å². The summed E-state index contributed by atoms with van der Waals surface area (Å²) in [6.07, 6.45) is 3.07. The van der Waals surface area contributed by atoms with Gasteiger partial charge in [-0.2, -0.15) is 4.31 Å². The summed E-state index contributed by atoms with van der Waals surface area (Å²) >= 11 is 6.03. The van der Waals surface area contributed by atoms with Crippen LogP contribution in [-0.4, -0.2) is 30.8 Å². The molecular formula is C12H18N2O2S3. The molecule has 1 aliphatic rings. The zero-order chi connectivity index (χ0) is 14.0. The molecule has 1 saturated heterocycles. The monoisotopic (exact) mass is 318 g/mol. The number of nitrogens with two attached hydrogens (primary N) is 1. The van der Waals surface area contributed by atoms with E-state index in [1.54, 1.807) is 16.4 Å². The zero-order valence-electron chi connectivity index (χ0n) is 10.8. The highest BCUT2D eigenvalue weighted by Crippen LogP contribution is 2.29. The van der Waals surface area contributed by atoms with Crippen LogP contribution in [0.25, 0.3) is 0 Å². The first kappa shape index (κ1) is 14.9. The molecule has 0 saturated carbocycles. The third kappa shape index (κ3) is 3.16. The van der Waals surface area contributed by atoms with Gasteiger partial charge in [0, 0.05) is 13.1 Å². The van der Waals surface area contributed by atoms with Crippen LogP contribution >= 0.6 is 23.6 Å². The average Bonchev–Trinajstić information content (AvgIpc) is 2.89. The fourth-order valence-corrected chi connectivity index (χ4v) is 5.36. The molecule has 0 bridgehead atoms. The molecule has 2 N–H and O–H groups in total. The minimum absolute atomic E-state index is 0.247. The molecule has 0 aliphatic carbocycles. The van der Waals surface area contributed by atoms with Crippen LogP contribution in [0, 0.1) is 5.92 Å². The van der Waals surface area contributed by atoms with Crippen molar-refractivity contribution in [1.82, 2.24) is 4.31 Å². The fourth-order valence-electron chi connectivity index (χ4n) is 2.30. The van der Waals surface area contributed by atoms with Gasteiger partial charge >= 0.3 is 0 Å². The van der Waals surface area contributed by atoms with Crippen LogP contribution in [0.1, 0.15) is 31.1 Å². The molecule has 0 spiro atoms. The third-order valence-corrected chi connectivity index (χ3v) is 7.28. The summed E-state index contributed by atoms with van der Waals surface area (Å²) in [6, 6.07) is 3.28. The van der Waals surface area contributed by atoms with E-state index < -0.39 is 10.0 Å². The molecule has 1 aliphatic heterocycles. The van der Waals surface area contributed by atoms with Crippen molar-refractivity contribution >= 4 is 38.6 Å². The molecular weight excluding hydrogens is 300 g/mol. The molecule has 1 atom stereocenters. The highest BCUT2D eigenvalue weighted by atomic mass is 32.2. The third-order valence-electron chi connectivity index (χ3n) is 3.48. The van der Waals surface area contributed by atoms with E-state index in [1.807, 2.05) is 0 Å². The molecule has 2 heterocycles. The Bertz CT molecular complexity index is 565. The summed E-state index contributed by atoms with van der Waals surface area (Å²) in [6.45, 7) is 3.34. The van der Waals surface area contributed by atoms with Crippen molar-refractivity contribution in [3.63, 3.8) is 0 Å². The van der Waals surface area contributed by atoms with E-state index in [1.165, 1.54) is 0 Å². The molecule has 106 valence electrons. The van der Waals surface area contributed by atoms with E-state index in [-0.39, 0.29) is 4.99 Å². The summed E-state index contributed by atoms with van der Waals surface area (Å²) in [5.74, 6) is 0.471. The van der Waals surface area contributed by atoms with Gasteiger partial charge in [0.25, 0.3) is 10.0 Å². The maximum absolute atomic E-state index is 12.5. The second-order valence-electron chi connectivity index (χ2n) is 4.76. The molecule has 19 heavy (non-hydrogen) atoms. The Hall–Kier alpha value is -0.500. The minimum Gasteiger partial charge on any atom is -0.389 e. The topological polar surface area (TPSA) is 63.4 Å². The van der Waals surface area contributed by atoms with Crippen molar-refractivity contribution in [2.75, 3.05) is 13.1 Å². The van der Waals surface area contributed by atoms with E-state index in [2.05, 4.69) is 6.92 Å². The lowest BCUT2D eigenvalue weighted by atomic mass is 9.97. The maximum Gasteiger partial charge on any atom is 0.252 e. The second kappa shape index (κ2) is 5.87. The molecule has 0 amide bonds.